The fourth-order valence-electron chi connectivity index (χ4n) is 2.04. The summed E-state index contributed by atoms with van der Waals surface area (Å²) in [4.78, 5) is 11.5. The largest absolute Gasteiger partial charge is 0.294 e. The van der Waals surface area contributed by atoms with Gasteiger partial charge in [0.1, 0.15) is 0 Å². The number of hydrazine groups is 1. The van der Waals surface area contributed by atoms with Crippen LogP contribution in [0.5, 0.6) is 0 Å². The molecule has 0 aliphatic carbocycles. The Hall–Kier alpha value is -2.13. The van der Waals surface area contributed by atoms with E-state index in [1.165, 1.54) is 0 Å². The van der Waals surface area contributed by atoms with Crippen molar-refractivity contribution in [1.82, 2.24) is 5.43 Å². The second-order valence-electron chi connectivity index (χ2n) is 4.15. The van der Waals surface area contributed by atoms with Crippen LogP contribution in [0, 0.1) is 0 Å². The Bertz CT molecular complexity index is 457. The van der Waals surface area contributed by atoms with Crippen LogP contribution < -0.4 is 11.3 Å². The molecule has 1 amide bonds. The number of amides is 1. The molecule has 0 fully saturated rings. The van der Waals surface area contributed by atoms with E-state index in [9.17, 15) is 4.79 Å². The van der Waals surface area contributed by atoms with E-state index in [-0.39, 0.29) is 11.8 Å². The Morgan fingerprint density at radius 2 is 1.39 bits per heavy atom. The molecule has 18 heavy (non-hydrogen) atoms. The Morgan fingerprint density at radius 1 is 0.944 bits per heavy atom. The molecule has 0 bridgehead atoms. The van der Waals surface area contributed by atoms with Crippen molar-refractivity contribution in [2.24, 2.45) is 5.84 Å². The topological polar surface area (TPSA) is 55.1 Å². The highest BCUT2D eigenvalue weighted by atomic mass is 16.2. The van der Waals surface area contributed by atoms with Crippen LogP contribution in [-0.2, 0) is 4.79 Å². The maximum Gasteiger partial charge on any atom is 0.234 e. The number of rotatable bonds is 4. The summed E-state index contributed by atoms with van der Waals surface area (Å²) in [5.41, 5.74) is 4.43. The third-order valence-corrected chi connectivity index (χ3v) is 2.95. The van der Waals surface area contributed by atoms with Gasteiger partial charge in [0.15, 0.2) is 0 Å². The van der Waals surface area contributed by atoms with Crippen molar-refractivity contribution in [2.45, 2.75) is 12.3 Å². The molecule has 0 aliphatic heterocycles. The van der Waals surface area contributed by atoms with Crippen LogP contribution in [0.25, 0.3) is 0 Å². The molecule has 0 heterocycles. The molecule has 0 saturated carbocycles. The molecular weight excluding hydrogens is 224 g/mol. The number of carbonyl (C=O) groups excluding carboxylic acids is 1. The van der Waals surface area contributed by atoms with Crippen LogP contribution in [0.2, 0.25) is 0 Å². The van der Waals surface area contributed by atoms with E-state index in [1.807, 2.05) is 60.7 Å². The fraction of sp³-hybridized carbons (Fsp3) is 0.133. The van der Waals surface area contributed by atoms with Gasteiger partial charge in [0, 0.05) is 12.3 Å². The van der Waals surface area contributed by atoms with Crippen LogP contribution in [0.15, 0.2) is 60.7 Å². The Morgan fingerprint density at radius 3 is 1.78 bits per heavy atom. The maximum absolute atomic E-state index is 11.5. The van der Waals surface area contributed by atoms with Crippen molar-refractivity contribution in [3.8, 4) is 0 Å². The van der Waals surface area contributed by atoms with E-state index in [2.05, 4.69) is 5.43 Å². The molecular formula is C15H16N2O. The zero-order chi connectivity index (χ0) is 12.8. The molecule has 3 N–H and O–H groups in total. The number of hydrogen-bond donors (Lipinski definition) is 2. The van der Waals surface area contributed by atoms with E-state index < -0.39 is 0 Å². The van der Waals surface area contributed by atoms with Gasteiger partial charge in [0.2, 0.25) is 5.91 Å². The highest BCUT2D eigenvalue weighted by Gasteiger charge is 2.17. The first-order valence-electron chi connectivity index (χ1n) is 5.90. The smallest absolute Gasteiger partial charge is 0.234 e. The van der Waals surface area contributed by atoms with Crippen molar-refractivity contribution < 1.29 is 4.79 Å². The lowest BCUT2D eigenvalue weighted by Gasteiger charge is -2.17. The summed E-state index contributed by atoms with van der Waals surface area (Å²) in [6.07, 6.45) is 0.352. The van der Waals surface area contributed by atoms with Gasteiger partial charge >= 0.3 is 0 Å². The van der Waals surface area contributed by atoms with E-state index in [0.717, 1.165) is 11.1 Å². The Kier molecular flexibility index (Phi) is 4.10. The molecule has 0 aliphatic rings. The molecule has 2 aromatic carbocycles. The van der Waals surface area contributed by atoms with Gasteiger partial charge in [-0.3, -0.25) is 10.2 Å². The molecule has 0 aromatic heterocycles. The SMILES string of the molecule is NNC(=O)CC(c1ccccc1)c1ccccc1. The summed E-state index contributed by atoms with van der Waals surface area (Å²) >= 11 is 0. The highest BCUT2D eigenvalue weighted by Crippen LogP contribution is 2.27. The molecule has 3 nitrogen and oxygen atoms in total. The van der Waals surface area contributed by atoms with Gasteiger partial charge in [-0.1, -0.05) is 60.7 Å². The monoisotopic (exact) mass is 240 g/mol. The Labute approximate surface area is 107 Å². The highest BCUT2D eigenvalue weighted by molar-refractivity contribution is 5.76. The molecule has 0 spiro atoms. The summed E-state index contributed by atoms with van der Waals surface area (Å²) < 4.78 is 0. The van der Waals surface area contributed by atoms with E-state index in [4.69, 9.17) is 5.84 Å². The van der Waals surface area contributed by atoms with Crippen LogP contribution in [0.3, 0.4) is 0 Å². The predicted octanol–water partition coefficient (Wildman–Crippen LogP) is 2.20. The van der Waals surface area contributed by atoms with Gasteiger partial charge in [-0.2, -0.15) is 0 Å². The van der Waals surface area contributed by atoms with Crippen molar-refractivity contribution in [1.29, 1.82) is 0 Å². The normalized spacial score (nSPS) is 10.3. The molecule has 2 rings (SSSR count). The molecule has 2 aromatic rings. The minimum Gasteiger partial charge on any atom is -0.294 e. The van der Waals surface area contributed by atoms with Crippen molar-refractivity contribution >= 4 is 5.91 Å². The predicted molar refractivity (Wildman–Crippen MR) is 71.7 cm³/mol. The first kappa shape index (κ1) is 12.3. The van der Waals surface area contributed by atoms with Gasteiger partial charge < -0.3 is 0 Å². The number of hydrogen-bond acceptors (Lipinski definition) is 2. The summed E-state index contributed by atoms with van der Waals surface area (Å²) in [7, 11) is 0. The van der Waals surface area contributed by atoms with Crippen LogP contribution in [0.1, 0.15) is 23.5 Å². The summed E-state index contributed by atoms with van der Waals surface area (Å²) in [6, 6.07) is 20.0. The zero-order valence-corrected chi connectivity index (χ0v) is 10.0. The average molecular weight is 240 g/mol. The van der Waals surface area contributed by atoms with Gasteiger partial charge in [0.25, 0.3) is 0 Å². The van der Waals surface area contributed by atoms with Gasteiger partial charge in [-0.15, -0.1) is 0 Å². The average Bonchev–Trinajstić information content (AvgIpc) is 2.46. The number of benzene rings is 2. The standard InChI is InChI=1S/C15H16N2O/c16-17-15(18)11-14(12-7-3-1-4-8-12)13-9-5-2-6-10-13/h1-10,14H,11,16H2,(H,17,18). The number of nitrogens with one attached hydrogen (secondary N) is 1. The van der Waals surface area contributed by atoms with Crippen LogP contribution >= 0.6 is 0 Å². The van der Waals surface area contributed by atoms with Crippen LogP contribution in [0.4, 0.5) is 0 Å². The minimum absolute atomic E-state index is 0.0379. The van der Waals surface area contributed by atoms with Gasteiger partial charge in [-0.25, -0.2) is 5.84 Å². The fourth-order valence-corrected chi connectivity index (χ4v) is 2.04. The Balaban J connectivity index is 2.32. The second-order valence-corrected chi connectivity index (χ2v) is 4.15. The third-order valence-electron chi connectivity index (χ3n) is 2.95. The lowest BCUT2D eigenvalue weighted by molar-refractivity contribution is -0.121. The van der Waals surface area contributed by atoms with Gasteiger partial charge in [-0.05, 0) is 11.1 Å². The van der Waals surface area contributed by atoms with E-state index in [0.29, 0.717) is 6.42 Å². The van der Waals surface area contributed by atoms with Crippen LogP contribution in [-0.4, -0.2) is 5.91 Å². The summed E-state index contributed by atoms with van der Waals surface area (Å²) in [6.45, 7) is 0. The van der Waals surface area contributed by atoms with E-state index >= 15 is 0 Å². The quantitative estimate of drug-likeness (QED) is 0.489. The molecule has 0 unspecified atom stereocenters. The number of nitrogens with two attached hydrogens (primary N) is 1. The third kappa shape index (κ3) is 2.96. The van der Waals surface area contributed by atoms with E-state index in [1.54, 1.807) is 0 Å². The first-order chi connectivity index (χ1) is 8.81. The molecule has 3 heteroatoms. The summed E-state index contributed by atoms with van der Waals surface area (Å²) in [5, 5.41) is 0. The minimum atomic E-state index is -0.160. The molecule has 0 radical (unpaired) electrons. The second kappa shape index (κ2) is 5.98. The lowest BCUT2D eigenvalue weighted by atomic mass is 9.88. The number of carbonyl (C=O) groups is 1. The first-order valence-corrected chi connectivity index (χ1v) is 5.90. The van der Waals surface area contributed by atoms with Gasteiger partial charge in [0.05, 0.1) is 0 Å². The summed E-state index contributed by atoms with van der Waals surface area (Å²) in [5.74, 6) is 5.06. The van der Waals surface area contributed by atoms with Crippen molar-refractivity contribution in [2.75, 3.05) is 0 Å². The molecule has 0 saturated heterocycles. The zero-order valence-electron chi connectivity index (χ0n) is 10.0. The molecule has 92 valence electrons. The lowest BCUT2D eigenvalue weighted by Crippen LogP contribution is -2.31. The van der Waals surface area contributed by atoms with Crippen molar-refractivity contribution in [3.63, 3.8) is 0 Å². The molecule has 0 atom stereocenters. The maximum atomic E-state index is 11.5. The van der Waals surface area contributed by atoms with Crippen molar-refractivity contribution in [3.05, 3.63) is 71.8 Å².